The van der Waals surface area contributed by atoms with Crippen molar-refractivity contribution in [2.45, 2.75) is 26.1 Å². The second-order valence-corrected chi connectivity index (χ2v) is 3.76. The van der Waals surface area contributed by atoms with Crippen LogP contribution < -0.4 is 0 Å². The topological polar surface area (TPSA) is 50.1 Å². The summed E-state index contributed by atoms with van der Waals surface area (Å²) >= 11 is 5.79. The Hall–Kier alpha value is -1.53. The Morgan fingerprint density at radius 1 is 1.41 bits per heavy atom. The first-order chi connectivity index (χ1) is 8.17. The van der Waals surface area contributed by atoms with Gasteiger partial charge < -0.3 is 4.74 Å². The van der Waals surface area contributed by atoms with Crippen LogP contribution in [0, 0.1) is 11.3 Å². The van der Waals surface area contributed by atoms with Crippen LogP contribution in [-0.2, 0) is 17.0 Å². The van der Waals surface area contributed by atoms with E-state index < -0.39 is 0 Å². The summed E-state index contributed by atoms with van der Waals surface area (Å²) < 4.78 is 4.94. The van der Waals surface area contributed by atoms with Crippen molar-refractivity contribution in [1.82, 2.24) is 0 Å². The molecule has 4 heteroatoms. The molecular weight excluding hydrogens is 238 g/mol. The summed E-state index contributed by atoms with van der Waals surface area (Å²) in [6.45, 7) is 4.02. The van der Waals surface area contributed by atoms with Gasteiger partial charge in [-0.05, 0) is 36.6 Å². The molecule has 0 saturated carbocycles. The van der Waals surface area contributed by atoms with Gasteiger partial charge >= 0.3 is 5.97 Å². The summed E-state index contributed by atoms with van der Waals surface area (Å²) in [6.07, 6.45) is 0.681. The second-order valence-electron chi connectivity index (χ2n) is 3.49. The van der Waals surface area contributed by atoms with E-state index in [4.69, 9.17) is 21.6 Å². The Bertz CT molecular complexity index is 438. The maximum Gasteiger partial charge on any atom is 0.338 e. The number of carbonyl (C=O) groups excluding carboxylic acids is 1. The molecule has 0 N–H and O–H groups in total. The number of ether oxygens (including phenoxy) is 1. The summed E-state index contributed by atoms with van der Waals surface area (Å²) in [6, 6.07) is 5.46. The largest absolute Gasteiger partial charge is 0.462 e. The highest BCUT2D eigenvalue weighted by Gasteiger charge is 2.14. The van der Waals surface area contributed by atoms with Crippen LogP contribution in [-0.4, -0.2) is 12.6 Å². The maximum atomic E-state index is 11.6. The molecule has 0 spiro atoms. The van der Waals surface area contributed by atoms with Crippen molar-refractivity contribution in [2.24, 2.45) is 0 Å². The van der Waals surface area contributed by atoms with E-state index in [2.05, 4.69) is 6.07 Å². The van der Waals surface area contributed by atoms with E-state index in [1.54, 1.807) is 19.1 Å². The number of esters is 1. The van der Waals surface area contributed by atoms with Crippen LogP contribution in [0.15, 0.2) is 12.1 Å². The fourth-order valence-electron chi connectivity index (χ4n) is 1.63. The molecule has 0 atom stereocenters. The first-order valence-corrected chi connectivity index (χ1v) is 6.00. The Labute approximate surface area is 106 Å². The van der Waals surface area contributed by atoms with Crippen LogP contribution in [0.4, 0.5) is 0 Å². The molecule has 1 aromatic carbocycles. The van der Waals surface area contributed by atoms with Gasteiger partial charge in [-0.25, -0.2) is 4.79 Å². The maximum absolute atomic E-state index is 11.6. The number of hydrogen-bond donors (Lipinski definition) is 0. The third-order valence-corrected chi connectivity index (χ3v) is 2.74. The van der Waals surface area contributed by atoms with E-state index >= 15 is 0 Å². The van der Waals surface area contributed by atoms with E-state index in [-0.39, 0.29) is 11.8 Å². The van der Waals surface area contributed by atoms with Gasteiger partial charge in [-0.2, -0.15) is 5.26 Å². The SMILES string of the molecule is CCOC(=O)c1cc(CC)c(C#N)c(CCl)c1. The number of nitrogens with zero attached hydrogens (tertiary/aromatic N) is 1. The zero-order valence-corrected chi connectivity index (χ0v) is 10.7. The summed E-state index contributed by atoms with van der Waals surface area (Å²) in [4.78, 5) is 11.6. The van der Waals surface area contributed by atoms with Crippen molar-refractivity contribution in [3.05, 3.63) is 34.4 Å². The molecular formula is C13H14ClNO2. The smallest absolute Gasteiger partial charge is 0.338 e. The number of benzene rings is 1. The zero-order chi connectivity index (χ0) is 12.8. The molecule has 90 valence electrons. The van der Waals surface area contributed by atoms with Gasteiger partial charge in [-0.15, -0.1) is 11.6 Å². The van der Waals surface area contributed by atoms with Crippen molar-refractivity contribution in [3.63, 3.8) is 0 Å². The molecule has 0 amide bonds. The minimum Gasteiger partial charge on any atom is -0.462 e. The van der Waals surface area contributed by atoms with Crippen LogP contribution in [0.2, 0.25) is 0 Å². The molecule has 0 saturated heterocycles. The van der Waals surface area contributed by atoms with Crippen LogP contribution in [0.3, 0.4) is 0 Å². The van der Waals surface area contributed by atoms with Gasteiger partial charge in [-0.3, -0.25) is 0 Å². The summed E-state index contributed by atoms with van der Waals surface area (Å²) in [5.74, 6) is -0.165. The van der Waals surface area contributed by atoms with Crippen LogP contribution in [0.5, 0.6) is 0 Å². The van der Waals surface area contributed by atoms with Gasteiger partial charge in [0, 0.05) is 5.88 Å². The monoisotopic (exact) mass is 251 g/mol. The fraction of sp³-hybridized carbons (Fsp3) is 0.385. The highest BCUT2D eigenvalue weighted by atomic mass is 35.5. The molecule has 0 aliphatic heterocycles. The number of carbonyl (C=O) groups is 1. The molecule has 0 bridgehead atoms. The molecule has 0 radical (unpaired) electrons. The van der Waals surface area contributed by atoms with Crippen LogP contribution >= 0.6 is 11.6 Å². The quantitative estimate of drug-likeness (QED) is 0.610. The Balaban J connectivity index is 3.28. The number of alkyl halides is 1. The van der Waals surface area contributed by atoms with Crippen LogP contribution in [0.25, 0.3) is 0 Å². The minimum atomic E-state index is -0.377. The zero-order valence-electron chi connectivity index (χ0n) is 9.92. The lowest BCUT2D eigenvalue weighted by molar-refractivity contribution is 0.0526. The molecule has 17 heavy (non-hydrogen) atoms. The van der Waals surface area contributed by atoms with Crippen molar-refractivity contribution in [2.75, 3.05) is 6.61 Å². The Morgan fingerprint density at radius 3 is 2.53 bits per heavy atom. The van der Waals surface area contributed by atoms with Gasteiger partial charge in [0.1, 0.15) is 0 Å². The molecule has 1 aromatic rings. The Morgan fingerprint density at radius 2 is 2.06 bits per heavy atom. The van der Waals surface area contributed by atoms with Gasteiger partial charge in [0.15, 0.2) is 0 Å². The van der Waals surface area contributed by atoms with E-state index in [1.165, 1.54) is 0 Å². The average Bonchev–Trinajstić information content (AvgIpc) is 2.37. The predicted molar refractivity (Wildman–Crippen MR) is 66.0 cm³/mol. The highest BCUT2D eigenvalue weighted by molar-refractivity contribution is 6.17. The average molecular weight is 252 g/mol. The van der Waals surface area contributed by atoms with Gasteiger partial charge in [0.25, 0.3) is 0 Å². The highest BCUT2D eigenvalue weighted by Crippen LogP contribution is 2.20. The first kappa shape index (κ1) is 13.5. The minimum absolute atomic E-state index is 0.211. The molecule has 0 aliphatic carbocycles. The van der Waals surface area contributed by atoms with E-state index in [0.29, 0.717) is 29.7 Å². The predicted octanol–water partition coefficient (Wildman–Crippen LogP) is 3.04. The van der Waals surface area contributed by atoms with E-state index in [0.717, 1.165) is 5.56 Å². The normalized spacial score (nSPS) is 9.76. The summed E-state index contributed by atoms with van der Waals surface area (Å²) in [7, 11) is 0. The molecule has 0 aliphatic rings. The number of hydrogen-bond acceptors (Lipinski definition) is 3. The third-order valence-electron chi connectivity index (χ3n) is 2.45. The lowest BCUT2D eigenvalue weighted by atomic mass is 9.97. The lowest BCUT2D eigenvalue weighted by Crippen LogP contribution is -2.07. The number of aryl methyl sites for hydroxylation is 1. The van der Waals surface area contributed by atoms with Crippen molar-refractivity contribution >= 4 is 17.6 Å². The molecule has 0 heterocycles. The molecule has 1 rings (SSSR count). The summed E-state index contributed by atoms with van der Waals surface area (Å²) in [5, 5.41) is 9.07. The van der Waals surface area contributed by atoms with Crippen molar-refractivity contribution in [1.29, 1.82) is 5.26 Å². The number of rotatable bonds is 4. The van der Waals surface area contributed by atoms with Crippen molar-refractivity contribution in [3.8, 4) is 6.07 Å². The third kappa shape index (κ3) is 2.98. The molecule has 3 nitrogen and oxygen atoms in total. The van der Waals surface area contributed by atoms with Gasteiger partial charge in [0.05, 0.1) is 23.8 Å². The van der Waals surface area contributed by atoms with Gasteiger partial charge in [-0.1, -0.05) is 6.92 Å². The van der Waals surface area contributed by atoms with Crippen LogP contribution in [0.1, 0.15) is 40.9 Å². The summed E-state index contributed by atoms with van der Waals surface area (Å²) in [5.41, 5.74) is 2.53. The van der Waals surface area contributed by atoms with Gasteiger partial charge in [0.2, 0.25) is 0 Å². The van der Waals surface area contributed by atoms with E-state index in [9.17, 15) is 4.79 Å². The Kier molecular flexibility index (Phi) is 4.99. The first-order valence-electron chi connectivity index (χ1n) is 5.46. The molecule has 0 unspecified atom stereocenters. The molecule has 0 aromatic heterocycles. The number of nitriles is 1. The van der Waals surface area contributed by atoms with E-state index in [1.807, 2.05) is 6.92 Å². The molecule has 0 fully saturated rings. The number of halogens is 1. The standard InChI is InChI=1S/C13H14ClNO2/c1-3-9-5-10(13(16)17-4-2)6-11(7-14)12(9)8-15/h5-6H,3-4,7H2,1-2H3. The lowest BCUT2D eigenvalue weighted by Gasteiger charge is -2.09. The second kappa shape index (κ2) is 6.27. The van der Waals surface area contributed by atoms with Crippen molar-refractivity contribution < 1.29 is 9.53 Å². The fourth-order valence-corrected chi connectivity index (χ4v) is 1.84.